The van der Waals surface area contributed by atoms with Crippen LogP contribution in [0.5, 0.6) is 5.75 Å². The van der Waals surface area contributed by atoms with Crippen LogP contribution in [0.3, 0.4) is 0 Å². The van der Waals surface area contributed by atoms with Crippen molar-refractivity contribution in [3.63, 3.8) is 0 Å². The highest BCUT2D eigenvalue weighted by Crippen LogP contribution is 2.36. The number of allylic oxidation sites excluding steroid dienone is 1. The first-order chi connectivity index (χ1) is 13.2. The third-order valence-corrected chi connectivity index (χ3v) is 5.29. The zero-order valence-electron chi connectivity index (χ0n) is 16.2. The summed E-state index contributed by atoms with van der Waals surface area (Å²) < 4.78 is 10.5. The van der Waals surface area contributed by atoms with E-state index >= 15 is 0 Å². The van der Waals surface area contributed by atoms with Crippen LogP contribution in [0.4, 0.5) is 0 Å². The number of hydrogen-bond donors (Lipinski definition) is 0. The topological polar surface area (TPSA) is 35.5 Å². The van der Waals surface area contributed by atoms with E-state index < -0.39 is 0 Å². The molecule has 0 heterocycles. The van der Waals surface area contributed by atoms with Crippen molar-refractivity contribution in [1.29, 1.82) is 0 Å². The molecule has 0 unspecified atom stereocenters. The zero-order chi connectivity index (χ0) is 19.1. The van der Waals surface area contributed by atoms with Gasteiger partial charge in [0.15, 0.2) is 0 Å². The van der Waals surface area contributed by atoms with Crippen molar-refractivity contribution in [2.75, 3.05) is 13.7 Å². The summed E-state index contributed by atoms with van der Waals surface area (Å²) in [5.74, 6) is 1.52. The van der Waals surface area contributed by atoms with Gasteiger partial charge in [0.2, 0.25) is 0 Å². The molecule has 0 bridgehead atoms. The summed E-state index contributed by atoms with van der Waals surface area (Å²) in [5, 5.41) is 0. The molecule has 1 aliphatic carbocycles. The molecule has 3 rings (SSSR count). The molecule has 0 saturated heterocycles. The molecule has 2 aromatic rings. The molecule has 142 valence electrons. The van der Waals surface area contributed by atoms with E-state index in [1.807, 2.05) is 43.3 Å². The van der Waals surface area contributed by atoms with Gasteiger partial charge in [-0.1, -0.05) is 42.0 Å². The van der Waals surface area contributed by atoms with E-state index in [-0.39, 0.29) is 5.97 Å². The van der Waals surface area contributed by atoms with Gasteiger partial charge >= 0.3 is 5.97 Å². The fourth-order valence-electron chi connectivity index (χ4n) is 3.65. The predicted octanol–water partition coefficient (Wildman–Crippen LogP) is 5.69. The van der Waals surface area contributed by atoms with Gasteiger partial charge in [-0.25, -0.2) is 4.79 Å². The van der Waals surface area contributed by atoms with E-state index in [0.29, 0.717) is 29.8 Å². The van der Waals surface area contributed by atoms with E-state index in [9.17, 15) is 4.79 Å². The van der Waals surface area contributed by atoms with E-state index in [4.69, 9.17) is 9.47 Å². The van der Waals surface area contributed by atoms with Crippen molar-refractivity contribution < 1.29 is 14.3 Å². The van der Waals surface area contributed by atoms with E-state index in [2.05, 4.69) is 24.3 Å². The number of benzene rings is 2. The summed E-state index contributed by atoms with van der Waals surface area (Å²) in [6.45, 7) is 2.70. The minimum Gasteiger partial charge on any atom is -0.423 e. The minimum atomic E-state index is -0.308. The summed E-state index contributed by atoms with van der Waals surface area (Å²) in [5.41, 5.74) is 3.06. The quantitative estimate of drug-likeness (QED) is 0.375. The van der Waals surface area contributed by atoms with E-state index in [0.717, 1.165) is 5.56 Å². The molecule has 3 heteroatoms. The molecule has 1 saturated carbocycles. The molecular formula is C24H28O3. The molecule has 0 atom stereocenters. The van der Waals surface area contributed by atoms with E-state index in [1.165, 1.54) is 31.2 Å². The fourth-order valence-corrected chi connectivity index (χ4v) is 3.65. The van der Waals surface area contributed by atoms with Crippen molar-refractivity contribution >= 4 is 5.97 Å². The molecule has 0 aliphatic heterocycles. The third kappa shape index (κ3) is 5.54. The van der Waals surface area contributed by atoms with Gasteiger partial charge in [-0.15, -0.1) is 0 Å². The van der Waals surface area contributed by atoms with Crippen molar-refractivity contribution in [2.45, 2.75) is 38.5 Å². The first kappa shape index (κ1) is 19.4. The highest BCUT2D eigenvalue weighted by molar-refractivity contribution is 5.91. The number of carbonyl (C=O) groups is 1. The summed E-state index contributed by atoms with van der Waals surface area (Å²) in [4.78, 5) is 12.3. The average Bonchev–Trinajstić information content (AvgIpc) is 2.70. The van der Waals surface area contributed by atoms with Crippen LogP contribution in [-0.2, 0) is 4.74 Å². The molecule has 27 heavy (non-hydrogen) atoms. The Kier molecular flexibility index (Phi) is 6.83. The van der Waals surface area contributed by atoms with Crippen LogP contribution in [0, 0.1) is 12.8 Å². The molecule has 1 fully saturated rings. The molecule has 0 spiro atoms. The summed E-state index contributed by atoms with van der Waals surface area (Å²) in [6.07, 6.45) is 9.22. The van der Waals surface area contributed by atoms with Crippen molar-refractivity contribution in [2.24, 2.45) is 5.92 Å². The molecule has 0 amide bonds. The number of aryl methyl sites for hydroxylation is 1. The Morgan fingerprint density at radius 1 is 1.00 bits per heavy atom. The lowest BCUT2D eigenvalue weighted by molar-refractivity contribution is 0.0734. The SMILES string of the molecule is COC/C=C/[C@H]1CC[C@H](c2ccc(C(=O)Oc3ccc(C)cc3)cc2)CC1. The van der Waals surface area contributed by atoms with Gasteiger partial charge in [-0.2, -0.15) is 0 Å². The molecule has 2 aromatic carbocycles. The number of methoxy groups -OCH3 is 1. The van der Waals surface area contributed by atoms with Gasteiger partial charge in [-0.05, 0) is 74.3 Å². The third-order valence-electron chi connectivity index (χ3n) is 5.29. The summed E-state index contributed by atoms with van der Waals surface area (Å²) >= 11 is 0. The minimum absolute atomic E-state index is 0.308. The van der Waals surface area contributed by atoms with Gasteiger partial charge in [0.05, 0.1) is 12.2 Å². The second-order valence-corrected chi connectivity index (χ2v) is 7.32. The lowest BCUT2D eigenvalue weighted by Crippen LogP contribution is -2.12. The second-order valence-electron chi connectivity index (χ2n) is 7.32. The average molecular weight is 364 g/mol. The van der Waals surface area contributed by atoms with E-state index in [1.54, 1.807) is 7.11 Å². The normalized spacial score (nSPS) is 19.9. The number of rotatable bonds is 6. The number of esters is 1. The first-order valence-electron chi connectivity index (χ1n) is 9.70. The van der Waals surface area contributed by atoms with Crippen LogP contribution < -0.4 is 4.74 Å². The molecule has 3 nitrogen and oxygen atoms in total. The van der Waals surface area contributed by atoms with Crippen LogP contribution in [0.2, 0.25) is 0 Å². The number of ether oxygens (including phenoxy) is 2. The molecule has 0 aromatic heterocycles. The smallest absolute Gasteiger partial charge is 0.343 e. The lowest BCUT2D eigenvalue weighted by Gasteiger charge is -2.27. The molecular weight excluding hydrogens is 336 g/mol. The summed E-state index contributed by atoms with van der Waals surface area (Å²) in [7, 11) is 1.72. The first-order valence-corrected chi connectivity index (χ1v) is 9.70. The Hall–Kier alpha value is -2.39. The molecule has 0 radical (unpaired) electrons. The van der Waals surface area contributed by atoms with Crippen LogP contribution in [0.25, 0.3) is 0 Å². The van der Waals surface area contributed by atoms with Crippen molar-refractivity contribution in [3.05, 3.63) is 77.4 Å². The maximum absolute atomic E-state index is 12.3. The van der Waals surface area contributed by atoms with Crippen molar-refractivity contribution in [3.8, 4) is 5.75 Å². The van der Waals surface area contributed by atoms with Crippen LogP contribution in [0.1, 0.15) is 53.1 Å². The molecule has 0 N–H and O–H groups in total. The van der Waals surface area contributed by atoms with Gasteiger partial charge in [-0.3, -0.25) is 0 Å². The Morgan fingerprint density at radius 2 is 1.67 bits per heavy atom. The Morgan fingerprint density at radius 3 is 2.30 bits per heavy atom. The monoisotopic (exact) mass is 364 g/mol. The van der Waals surface area contributed by atoms with Crippen molar-refractivity contribution in [1.82, 2.24) is 0 Å². The maximum Gasteiger partial charge on any atom is 0.343 e. The van der Waals surface area contributed by atoms with Gasteiger partial charge < -0.3 is 9.47 Å². The standard InChI is InChI=1S/C24H28O3/c1-18-5-15-23(16-6-18)27-24(25)22-13-11-21(12-14-22)20-9-7-19(8-10-20)4-3-17-26-2/h3-6,11-16,19-20H,7-10,17H2,1-2H3/b4-3+/t19-,20-. The Labute approximate surface area is 162 Å². The Balaban J connectivity index is 1.54. The fraction of sp³-hybridized carbons (Fsp3) is 0.375. The maximum atomic E-state index is 12.3. The van der Waals surface area contributed by atoms with Gasteiger partial charge in [0.25, 0.3) is 0 Å². The van der Waals surface area contributed by atoms with Gasteiger partial charge in [0, 0.05) is 7.11 Å². The van der Waals surface area contributed by atoms with Gasteiger partial charge in [0.1, 0.15) is 5.75 Å². The highest BCUT2D eigenvalue weighted by atomic mass is 16.5. The van der Waals surface area contributed by atoms with Crippen LogP contribution in [0.15, 0.2) is 60.7 Å². The second kappa shape index (κ2) is 9.52. The van der Waals surface area contributed by atoms with Crippen LogP contribution >= 0.6 is 0 Å². The lowest BCUT2D eigenvalue weighted by atomic mass is 9.78. The Bertz CT molecular complexity index is 751. The molecule has 1 aliphatic rings. The predicted molar refractivity (Wildman–Crippen MR) is 108 cm³/mol. The summed E-state index contributed by atoms with van der Waals surface area (Å²) in [6, 6.07) is 15.4. The zero-order valence-corrected chi connectivity index (χ0v) is 16.2. The number of carbonyl (C=O) groups excluding carboxylic acids is 1. The highest BCUT2D eigenvalue weighted by Gasteiger charge is 2.21. The van der Waals surface area contributed by atoms with Crippen LogP contribution in [-0.4, -0.2) is 19.7 Å². The largest absolute Gasteiger partial charge is 0.423 e. The number of hydrogen-bond acceptors (Lipinski definition) is 3.